The summed E-state index contributed by atoms with van der Waals surface area (Å²) in [4.78, 5) is 69.1. The first kappa shape index (κ1) is 38.6. The van der Waals surface area contributed by atoms with Crippen LogP contribution >= 0.6 is 0 Å². The summed E-state index contributed by atoms with van der Waals surface area (Å²) in [6, 6.07) is 11.3. The highest BCUT2D eigenvalue weighted by Gasteiger charge is 2.38. The van der Waals surface area contributed by atoms with Gasteiger partial charge in [0.15, 0.2) is 0 Å². The molecule has 2 aromatic carbocycles. The lowest BCUT2D eigenvalue weighted by molar-refractivity contribution is -0.135. The molecule has 14 nitrogen and oxygen atoms in total. The summed E-state index contributed by atoms with van der Waals surface area (Å²) in [6.07, 6.45) is 7.59. The minimum Gasteiger partial charge on any atom is -0.453 e. The molecule has 5 N–H and O–H groups in total. The summed E-state index contributed by atoms with van der Waals surface area (Å²) in [5.74, 6) is 1.06. The number of amides is 4. The van der Waals surface area contributed by atoms with Crippen LogP contribution in [0.1, 0.15) is 94.5 Å². The maximum absolute atomic E-state index is 13.6. The molecule has 2 aliphatic carbocycles. The van der Waals surface area contributed by atoms with Gasteiger partial charge in [0.2, 0.25) is 11.8 Å². The van der Waals surface area contributed by atoms with Crippen molar-refractivity contribution in [3.8, 4) is 33.6 Å². The number of fused-ring (bicyclic) bond motifs is 3. The minimum atomic E-state index is -0.693. The molecule has 1 saturated heterocycles. The lowest BCUT2D eigenvalue weighted by Gasteiger charge is -2.30. The third kappa shape index (κ3) is 7.74. The van der Waals surface area contributed by atoms with Gasteiger partial charge in [-0.2, -0.15) is 0 Å². The first-order chi connectivity index (χ1) is 26.9. The van der Waals surface area contributed by atoms with Crippen LogP contribution in [0, 0.1) is 11.8 Å². The van der Waals surface area contributed by atoms with Gasteiger partial charge in [0.1, 0.15) is 23.7 Å². The quantitative estimate of drug-likeness (QED) is 0.105. The molecule has 0 unspecified atom stereocenters. The van der Waals surface area contributed by atoms with E-state index >= 15 is 0 Å². The Morgan fingerprint density at radius 2 is 1.32 bits per heavy atom. The predicted molar refractivity (Wildman–Crippen MR) is 210 cm³/mol. The largest absolute Gasteiger partial charge is 0.453 e. The third-order valence-electron chi connectivity index (χ3n) is 11.5. The highest BCUT2D eigenvalue weighted by Crippen LogP contribution is 2.41. The average molecular weight is 765 g/mol. The summed E-state index contributed by atoms with van der Waals surface area (Å²) >= 11 is 0. The fraction of sp³-hybridized carbons (Fsp3) is 0.476. The van der Waals surface area contributed by atoms with Gasteiger partial charge in [-0.15, -0.1) is 0 Å². The monoisotopic (exact) mass is 764 g/mol. The summed E-state index contributed by atoms with van der Waals surface area (Å²) in [6.45, 7) is 8.19. The number of likely N-dealkylation sites (tertiary alicyclic amines) is 1. The van der Waals surface area contributed by atoms with Crippen molar-refractivity contribution in [1.82, 2.24) is 40.8 Å². The van der Waals surface area contributed by atoms with Gasteiger partial charge in [-0.3, -0.25) is 9.59 Å². The van der Waals surface area contributed by atoms with E-state index in [4.69, 9.17) is 19.4 Å². The number of carbonyl (C=O) groups is 4. The highest BCUT2D eigenvalue weighted by atomic mass is 16.5. The normalized spacial score (nSPS) is 19.7. The number of carbonyl (C=O) groups excluding carboxylic acids is 4. The molecule has 1 aliphatic heterocycles. The predicted octanol–water partition coefficient (Wildman–Crippen LogP) is 6.22. The molecule has 5 atom stereocenters. The Balaban J connectivity index is 1.03. The lowest BCUT2D eigenvalue weighted by atomic mass is 9.99. The van der Waals surface area contributed by atoms with Crippen LogP contribution in [0.15, 0.2) is 48.8 Å². The van der Waals surface area contributed by atoms with Gasteiger partial charge in [-0.05, 0) is 89.5 Å². The van der Waals surface area contributed by atoms with Crippen molar-refractivity contribution in [3.63, 3.8) is 0 Å². The number of hydrogen-bond acceptors (Lipinski definition) is 8. The van der Waals surface area contributed by atoms with E-state index in [0.717, 1.165) is 72.7 Å². The van der Waals surface area contributed by atoms with Gasteiger partial charge >= 0.3 is 12.2 Å². The molecule has 1 saturated carbocycles. The Hall–Kier alpha value is -5.66. The molecule has 0 spiro atoms. The van der Waals surface area contributed by atoms with Crippen molar-refractivity contribution in [2.75, 3.05) is 20.8 Å². The molecule has 4 aromatic rings. The number of nitrogens with zero attached hydrogens (tertiary/aromatic N) is 3. The van der Waals surface area contributed by atoms with Crippen LogP contribution in [0.3, 0.4) is 0 Å². The molecule has 2 fully saturated rings. The number of imidazole rings is 2. The van der Waals surface area contributed by atoms with Crippen LogP contribution < -0.4 is 16.0 Å². The van der Waals surface area contributed by atoms with Gasteiger partial charge in [0.25, 0.3) is 0 Å². The number of benzene rings is 2. The SMILES string of the molecule is COC(=O)N[C@H](C(=O)N[C@@H]1CCC[C@@H]1c1ncc(-c2ccc3c(c2)Cc2cc(-c4cnc([C@@H]5CCCN5C(=O)[C@@H](NC(=O)OC)C(C)C)[nH]4)ccc2-3)[nH]1)C(C)C. The van der Waals surface area contributed by atoms with Crippen LogP contribution in [-0.2, 0) is 25.5 Å². The molecule has 3 aliphatic rings. The fourth-order valence-corrected chi connectivity index (χ4v) is 8.52. The zero-order valence-corrected chi connectivity index (χ0v) is 32.9. The van der Waals surface area contributed by atoms with Gasteiger partial charge in [0, 0.05) is 18.5 Å². The zero-order valence-electron chi connectivity index (χ0n) is 32.9. The molecule has 7 rings (SSSR count). The van der Waals surface area contributed by atoms with E-state index in [2.05, 4.69) is 62.3 Å². The summed E-state index contributed by atoms with van der Waals surface area (Å²) < 4.78 is 9.51. The molecule has 0 bridgehead atoms. The van der Waals surface area contributed by atoms with Crippen molar-refractivity contribution >= 4 is 24.0 Å². The first-order valence-electron chi connectivity index (χ1n) is 19.6. The Bertz CT molecular complexity index is 2110. The second-order valence-corrected chi connectivity index (χ2v) is 15.8. The van der Waals surface area contributed by atoms with E-state index in [9.17, 15) is 19.2 Å². The molecular formula is C42H52N8O6. The second-order valence-electron chi connectivity index (χ2n) is 15.8. The molecule has 14 heteroatoms. The van der Waals surface area contributed by atoms with E-state index in [-0.39, 0.29) is 41.7 Å². The van der Waals surface area contributed by atoms with Crippen LogP contribution in [0.4, 0.5) is 9.59 Å². The maximum Gasteiger partial charge on any atom is 0.407 e. The third-order valence-corrected chi connectivity index (χ3v) is 11.5. The first-order valence-corrected chi connectivity index (χ1v) is 19.6. The number of methoxy groups -OCH3 is 2. The minimum absolute atomic E-state index is 0.0384. The second kappa shape index (κ2) is 16.2. The number of ether oxygens (including phenoxy) is 2. The summed E-state index contributed by atoms with van der Waals surface area (Å²) in [5, 5.41) is 8.55. The number of aromatic amines is 2. The molecule has 4 amide bonds. The Kier molecular flexibility index (Phi) is 11.2. The van der Waals surface area contributed by atoms with Gasteiger partial charge in [-0.1, -0.05) is 58.4 Å². The Morgan fingerprint density at radius 3 is 1.91 bits per heavy atom. The average Bonchev–Trinajstić information content (AvgIpc) is 4.04. The van der Waals surface area contributed by atoms with Gasteiger partial charge in [-0.25, -0.2) is 19.6 Å². The van der Waals surface area contributed by atoms with Crippen molar-refractivity contribution in [2.45, 2.75) is 96.3 Å². The Labute approximate surface area is 326 Å². The van der Waals surface area contributed by atoms with Crippen LogP contribution in [0.5, 0.6) is 0 Å². The number of H-pyrrole nitrogens is 2. The van der Waals surface area contributed by atoms with E-state index in [1.807, 2.05) is 45.0 Å². The summed E-state index contributed by atoms with van der Waals surface area (Å²) in [7, 11) is 2.58. The number of aromatic nitrogens is 4. The van der Waals surface area contributed by atoms with E-state index in [1.165, 1.54) is 36.5 Å². The zero-order chi connectivity index (χ0) is 39.7. The molecule has 56 heavy (non-hydrogen) atoms. The standard InChI is InChI=1S/C42H52N8O6/c1-22(2)35(48-41(53)55-5)39(51)47-31-10-7-9-30(31)37-43-20-32(45-37)24-12-14-28-26(17-24)19-27-18-25(13-15-29(27)28)33-21-44-38(46-33)34-11-8-16-50(34)40(52)36(23(3)4)49-42(54)56-6/h12-15,17-18,20-23,30-31,34-36H,7-11,16,19H2,1-6H3,(H,43,45)(H,44,46)(H,47,51)(H,48,53)(H,49,54)/t30-,31+,34-,35-,36-/m0/s1. The molecule has 296 valence electrons. The molecule has 3 heterocycles. The van der Waals surface area contributed by atoms with Crippen molar-refractivity contribution in [3.05, 3.63) is 71.6 Å². The van der Waals surface area contributed by atoms with E-state index in [1.54, 1.807) is 0 Å². The molecule has 0 radical (unpaired) electrons. The van der Waals surface area contributed by atoms with Gasteiger partial charge in [0.05, 0.1) is 44.0 Å². The van der Waals surface area contributed by atoms with Crippen molar-refractivity contribution in [1.29, 1.82) is 0 Å². The van der Waals surface area contributed by atoms with Gasteiger partial charge < -0.3 is 40.3 Å². The number of rotatable bonds is 11. The number of hydrogen-bond donors (Lipinski definition) is 5. The molecular weight excluding hydrogens is 713 g/mol. The van der Waals surface area contributed by atoms with E-state index < -0.39 is 24.3 Å². The van der Waals surface area contributed by atoms with Crippen molar-refractivity contribution < 1.29 is 28.7 Å². The number of nitrogens with one attached hydrogen (secondary N) is 5. The van der Waals surface area contributed by atoms with Crippen LogP contribution in [0.25, 0.3) is 33.6 Å². The number of alkyl carbamates (subject to hydrolysis) is 2. The smallest absolute Gasteiger partial charge is 0.407 e. The van der Waals surface area contributed by atoms with Crippen LogP contribution in [0.2, 0.25) is 0 Å². The van der Waals surface area contributed by atoms with Crippen LogP contribution in [-0.4, -0.2) is 87.7 Å². The maximum atomic E-state index is 13.6. The van der Waals surface area contributed by atoms with Crippen molar-refractivity contribution in [2.24, 2.45) is 11.8 Å². The topological polar surface area (TPSA) is 183 Å². The van der Waals surface area contributed by atoms with E-state index in [0.29, 0.717) is 6.54 Å². The molecule has 2 aromatic heterocycles. The lowest BCUT2D eigenvalue weighted by Crippen LogP contribution is -2.52. The fourth-order valence-electron chi connectivity index (χ4n) is 8.52. The highest BCUT2D eigenvalue weighted by molar-refractivity contribution is 5.87. The summed E-state index contributed by atoms with van der Waals surface area (Å²) in [5.41, 5.74) is 8.76. The Morgan fingerprint density at radius 1 is 0.750 bits per heavy atom.